The minimum absolute atomic E-state index is 0.0159. The van der Waals surface area contributed by atoms with Gasteiger partial charge < -0.3 is 24.4 Å². The van der Waals surface area contributed by atoms with E-state index in [1.165, 1.54) is 11.1 Å². The van der Waals surface area contributed by atoms with Crippen LogP contribution >= 0.6 is 0 Å². The number of carbonyl (C=O) groups excluding carboxylic acids is 2. The maximum absolute atomic E-state index is 13.4. The molecule has 6 rings (SSSR count). The molecule has 1 aromatic carbocycles. The van der Waals surface area contributed by atoms with E-state index in [0.29, 0.717) is 25.6 Å². The monoisotopic (exact) mass is 428 g/mol. The van der Waals surface area contributed by atoms with E-state index in [1.54, 1.807) is 0 Å². The summed E-state index contributed by atoms with van der Waals surface area (Å²) in [7, 11) is 0. The zero-order chi connectivity index (χ0) is 21.6. The summed E-state index contributed by atoms with van der Waals surface area (Å²) in [5.41, 5.74) is 1.82. The van der Waals surface area contributed by atoms with Crippen molar-refractivity contribution < 1.29 is 23.8 Å². The Balaban J connectivity index is 1.48. The van der Waals surface area contributed by atoms with E-state index in [0.717, 1.165) is 31.4 Å². The fraction of sp³-hybridized carbons (Fsp3) is 0.667. The smallest absolute Gasteiger partial charge is 0.261 e. The van der Waals surface area contributed by atoms with Crippen LogP contribution in [0.2, 0.25) is 0 Å². The molecule has 0 radical (unpaired) electrons. The van der Waals surface area contributed by atoms with Crippen molar-refractivity contribution in [1.82, 2.24) is 10.2 Å². The second-order valence-electron chi connectivity index (χ2n) is 9.70. The fourth-order valence-corrected chi connectivity index (χ4v) is 6.06. The summed E-state index contributed by atoms with van der Waals surface area (Å²) >= 11 is 0. The molecule has 4 heterocycles. The summed E-state index contributed by atoms with van der Waals surface area (Å²) in [5.74, 6) is 1.05. The predicted octanol–water partition coefficient (Wildman–Crippen LogP) is 2.30. The van der Waals surface area contributed by atoms with E-state index in [1.807, 2.05) is 24.0 Å². The third-order valence-corrected chi connectivity index (χ3v) is 7.50. The highest BCUT2D eigenvalue weighted by molar-refractivity contribution is 5.81. The number of benzene rings is 1. The van der Waals surface area contributed by atoms with Crippen molar-refractivity contribution >= 4 is 11.8 Å². The standard InChI is InChI=1S/C24H32N2O5/c1-15-3-8-20-19(9-15)17-4-6-18(7-5-17)30-11-21-24(14-29-12-22(27)25-24)10-16(2)26(21)23(28)13-31-20/h3,8-9,16-18,21H,4-7,10-14H2,1-2H3,(H,25,27)/t16-,17?,18?,21+,24-/m1/s1. The molecule has 5 aliphatic rings. The minimum Gasteiger partial charge on any atom is -0.483 e. The molecule has 1 aromatic rings. The summed E-state index contributed by atoms with van der Waals surface area (Å²) < 4.78 is 18.1. The molecule has 4 aliphatic heterocycles. The molecule has 2 saturated heterocycles. The number of amides is 2. The molecule has 2 amide bonds. The predicted molar refractivity (Wildman–Crippen MR) is 114 cm³/mol. The van der Waals surface area contributed by atoms with Gasteiger partial charge in [0.2, 0.25) is 5.91 Å². The van der Waals surface area contributed by atoms with Gasteiger partial charge in [0.05, 0.1) is 30.9 Å². The quantitative estimate of drug-likeness (QED) is 0.686. The number of rotatable bonds is 0. The topological polar surface area (TPSA) is 77.1 Å². The number of hydrogen-bond acceptors (Lipinski definition) is 5. The third-order valence-electron chi connectivity index (χ3n) is 7.50. The van der Waals surface area contributed by atoms with Crippen molar-refractivity contribution in [3.8, 4) is 5.75 Å². The highest BCUT2D eigenvalue weighted by Gasteiger charge is 2.55. The van der Waals surface area contributed by atoms with Crippen LogP contribution in [0.1, 0.15) is 56.1 Å². The van der Waals surface area contributed by atoms with E-state index >= 15 is 0 Å². The Bertz CT molecular complexity index is 866. The van der Waals surface area contributed by atoms with Crippen molar-refractivity contribution in [2.75, 3.05) is 26.4 Å². The molecular formula is C24H32N2O5. The van der Waals surface area contributed by atoms with E-state index in [9.17, 15) is 9.59 Å². The van der Waals surface area contributed by atoms with Gasteiger partial charge in [-0.3, -0.25) is 9.59 Å². The van der Waals surface area contributed by atoms with Gasteiger partial charge in [0.1, 0.15) is 12.4 Å². The van der Waals surface area contributed by atoms with Crippen LogP contribution in [0.25, 0.3) is 0 Å². The van der Waals surface area contributed by atoms with Crippen LogP contribution in [0, 0.1) is 6.92 Å². The summed E-state index contributed by atoms with van der Waals surface area (Å²) in [4.78, 5) is 27.4. The van der Waals surface area contributed by atoms with Crippen LogP contribution in [0.4, 0.5) is 0 Å². The lowest BCUT2D eigenvalue weighted by Gasteiger charge is -2.41. The molecular weight excluding hydrogens is 396 g/mol. The average Bonchev–Trinajstić information content (AvgIpc) is 3.01. The first-order valence-corrected chi connectivity index (χ1v) is 11.5. The van der Waals surface area contributed by atoms with Gasteiger partial charge in [0.25, 0.3) is 5.91 Å². The first kappa shape index (κ1) is 20.8. The highest BCUT2D eigenvalue weighted by Crippen LogP contribution is 2.41. The van der Waals surface area contributed by atoms with Crippen LogP contribution < -0.4 is 10.1 Å². The second kappa shape index (κ2) is 8.10. The molecule has 1 spiro atoms. The van der Waals surface area contributed by atoms with Gasteiger partial charge in [-0.05, 0) is 63.5 Å². The van der Waals surface area contributed by atoms with Gasteiger partial charge >= 0.3 is 0 Å². The summed E-state index contributed by atoms with van der Waals surface area (Å²) in [6.07, 6.45) is 4.91. The number of morpholine rings is 1. The molecule has 1 saturated carbocycles. The zero-order valence-electron chi connectivity index (χ0n) is 18.4. The van der Waals surface area contributed by atoms with Gasteiger partial charge in [-0.25, -0.2) is 0 Å². The van der Waals surface area contributed by atoms with E-state index in [2.05, 4.69) is 18.3 Å². The Kier molecular flexibility index (Phi) is 5.42. The summed E-state index contributed by atoms with van der Waals surface area (Å²) in [6.45, 7) is 4.98. The molecule has 168 valence electrons. The van der Waals surface area contributed by atoms with Crippen LogP contribution in [-0.4, -0.2) is 66.9 Å². The molecule has 0 aromatic heterocycles. The van der Waals surface area contributed by atoms with Gasteiger partial charge in [0, 0.05) is 6.04 Å². The number of carbonyl (C=O) groups is 2. The minimum atomic E-state index is -0.600. The number of nitrogens with zero attached hydrogens (tertiary/aromatic N) is 1. The van der Waals surface area contributed by atoms with Crippen molar-refractivity contribution in [2.45, 2.75) is 75.6 Å². The van der Waals surface area contributed by atoms with Gasteiger partial charge in [-0.15, -0.1) is 0 Å². The molecule has 0 unspecified atom stereocenters. The normalized spacial score (nSPS) is 36.0. The number of ether oxygens (including phenoxy) is 3. The highest BCUT2D eigenvalue weighted by atomic mass is 16.5. The van der Waals surface area contributed by atoms with Crippen molar-refractivity contribution in [3.63, 3.8) is 0 Å². The van der Waals surface area contributed by atoms with Gasteiger partial charge in [-0.1, -0.05) is 17.7 Å². The van der Waals surface area contributed by atoms with Crippen LogP contribution in [0.5, 0.6) is 5.75 Å². The number of nitrogens with one attached hydrogen (secondary N) is 1. The Labute approximate surface area is 183 Å². The van der Waals surface area contributed by atoms with Crippen molar-refractivity contribution in [2.24, 2.45) is 0 Å². The first-order chi connectivity index (χ1) is 14.9. The lowest BCUT2D eigenvalue weighted by Crippen LogP contribution is -2.65. The molecule has 1 aliphatic carbocycles. The maximum Gasteiger partial charge on any atom is 0.261 e. The SMILES string of the molecule is Cc1ccc2c(c1)C1CCC(CC1)OC[C@@H]1N(C(=O)CO2)[C@H](C)C[C@@]12COCC(=O)N2. The Morgan fingerprint density at radius 2 is 1.94 bits per heavy atom. The Hall–Kier alpha value is -2.12. The largest absolute Gasteiger partial charge is 0.483 e. The maximum atomic E-state index is 13.4. The van der Waals surface area contributed by atoms with Gasteiger partial charge in [-0.2, -0.15) is 0 Å². The van der Waals surface area contributed by atoms with E-state index in [4.69, 9.17) is 14.2 Å². The van der Waals surface area contributed by atoms with Crippen LogP contribution in [0.15, 0.2) is 18.2 Å². The number of fused-ring (bicyclic) bond motifs is 5. The van der Waals surface area contributed by atoms with Crippen molar-refractivity contribution in [3.05, 3.63) is 29.3 Å². The summed E-state index contributed by atoms with van der Waals surface area (Å²) in [5, 5.41) is 3.15. The number of hydrogen-bond donors (Lipinski definition) is 1. The lowest BCUT2D eigenvalue weighted by atomic mass is 9.82. The first-order valence-electron chi connectivity index (χ1n) is 11.5. The Morgan fingerprint density at radius 1 is 1.13 bits per heavy atom. The zero-order valence-corrected chi connectivity index (χ0v) is 18.4. The van der Waals surface area contributed by atoms with Crippen molar-refractivity contribution in [1.29, 1.82) is 0 Å². The molecule has 1 N–H and O–H groups in total. The van der Waals surface area contributed by atoms with Gasteiger partial charge in [0.15, 0.2) is 6.61 Å². The molecule has 7 nitrogen and oxygen atoms in total. The summed E-state index contributed by atoms with van der Waals surface area (Å²) in [6, 6.07) is 5.95. The van der Waals surface area contributed by atoms with E-state index in [-0.39, 0.29) is 43.2 Å². The molecule has 3 fully saturated rings. The number of aryl methyl sites for hydroxylation is 1. The molecule has 7 heteroatoms. The van der Waals surface area contributed by atoms with Crippen LogP contribution in [0.3, 0.4) is 0 Å². The fourth-order valence-electron chi connectivity index (χ4n) is 6.06. The molecule has 3 atom stereocenters. The lowest BCUT2D eigenvalue weighted by molar-refractivity contribution is -0.145. The molecule has 2 bridgehead atoms. The second-order valence-corrected chi connectivity index (χ2v) is 9.70. The third kappa shape index (κ3) is 3.82. The average molecular weight is 429 g/mol. The van der Waals surface area contributed by atoms with Crippen LogP contribution in [-0.2, 0) is 19.1 Å². The van der Waals surface area contributed by atoms with E-state index < -0.39 is 5.54 Å². The molecule has 31 heavy (non-hydrogen) atoms. The Morgan fingerprint density at radius 3 is 2.71 bits per heavy atom.